The SMILES string of the molecule is Cc1cn[nH]c1NC(=O)CCCc1ccc(Br)s1. The lowest BCUT2D eigenvalue weighted by atomic mass is 10.2. The number of nitrogens with zero attached hydrogens (tertiary/aromatic N) is 1. The van der Waals surface area contributed by atoms with Gasteiger partial charge in [0.05, 0.1) is 9.98 Å². The van der Waals surface area contributed by atoms with Crippen LogP contribution in [0.1, 0.15) is 23.3 Å². The Morgan fingerprint density at radius 3 is 3.00 bits per heavy atom. The Hall–Kier alpha value is -1.14. The normalized spacial score (nSPS) is 10.6. The molecule has 0 aliphatic heterocycles. The summed E-state index contributed by atoms with van der Waals surface area (Å²) in [6, 6.07) is 4.12. The molecule has 2 aromatic rings. The Bertz CT molecular complexity index is 535. The number of anilines is 1. The van der Waals surface area contributed by atoms with Crippen molar-refractivity contribution >= 4 is 39.0 Å². The number of rotatable bonds is 5. The van der Waals surface area contributed by atoms with Crippen LogP contribution in [0, 0.1) is 6.92 Å². The zero-order valence-corrected chi connectivity index (χ0v) is 12.4. The summed E-state index contributed by atoms with van der Waals surface area (Å²) in [6.07, 6.45) is 4.00. The summed E-state index contributed by atoms with van der Waals surface area (Å²) >= 11 is 5.14. The van der Waals surface area contributed by atoms with Crippen molar-refractivity contribution in [2.24, 2.45) is 0 Å². The van der Waals surface area contributed by atoms with Crippen molar-refractivity contribution in [3.8, 4) is 0 Å². The Morgan fingerprint density at radius 1 is 1.56 bits per heavy atom. The van der Waals surface area contributed by atoms with Crippen LogP contribution in [0.3, 0.4) is 0 Å². The minimum atomic E-state index is 0.0259. The number of aromatic amines is 1. The molecule has 6 heteroatoms. The number of hydrogen-bond donors (Lipinski definition) is 2. The Kier molecular flexibility index (Phi) is 4.54. The van der Waals surface area contributed by atoms with Gasteiger partial charge in [0.25, 0.3) is 0 Å². The molecule has 2 N–H and O–H groups in total. The van der Waals surface area contributed by atoms with Crippen molar-refractivity contribution in [3.05, 3.63) is 32.6 Å². The third kappa shape index (κ3) is 3.68. The van der Waals surface area contributed by atoms with Crippen LogP contribution in [0.2, 0.25) is 0 Å². The van der Waals surface area contributed by atoms with Gasteiger partial charge in [-0.2, -0.15) is 5.10 Å². The number of nitrogens with one attached hydrogen (secondary N) is 2. The number of amides is 1. The van der Waals surface area contributed by atoms with E-state index in [-0.39, 0.29) is 5.91 Å². The van der Waals surface area contributed by atoms with Gasteiger partial charge in [-0.05, 0) is 47.8 Å². The molecule has 0 aliphatic rings. The summed E-state index contributed by atoms with van der Waals surface area (Å²) < 4.78 is 1.13. The summed E-state index contributed by atoms with van der Waals surface area (Å²) in [5.74, 6) is 0.719. The number of thiophene rings is 1. The van der Waals surface area contributed by atoms with Crippen molar-refractivity contribution in [3.63, 3.8) is 0 Å². The molecule has 0 saturated carbocycles. The minimum Gasteiger partial charge on any atom is -0.311 e. The molecule has 0 aromatic carbocycles. The van der Waals surface area contributed by atoms with Gasteiger partial charge in [-0.15, -0.1) is 11.3 Å². The van der Waals surface area contributed by atoms with Crippen LogP contribution in [0.25, 0.3) is 0 Å². The van der Waals surface area contributed by atoms with Gasteiger partial charge in [0.15, 0.2) is 0 Å². The summed E-state index contributed by atoms with van der Waals surface area (Å²) in [7, 11) is 0. The zero-order chi connectivity index (χ0) is 13.0. The molecule has 0 atom stereocenters. The van der Waals surface area contributed by atoms with E-state index in [1.54, 1.807) is 17.5 Å². The van der Waals surface area contributed by atoms with Crippen molar-refractivity contribution in [2.75, 3.05) is 5.32 Å². The molecule has 0 bridgehead atoms. The predicted molar refractivity (Wildman–Crippen MR) is 76.9 cm³/mol. The highest BCUT2D eigenvalue weighted by molar-refractivity contribution is 9.11. The zero-order valence-electron chi connectivity index (χ0n) is 10.00. The Balaban J connectivity index is 1.74. The molecule has 0 saturated heterocycles. The molecule has 1 amide bonds. The first-order valence-electron chi connectivity index (χ1n) is 5.69. The number of aryl methyl sites for hydroxylation is 2. The first-order valence-corrected chi connectivity index (χ1v) is 7.30. The van der Waals surface area contributed by atoms with E-state index in [2.05, 4.69) is 37.5 Å². The third-order valence-electron chi connectivity index (χ3n) is 2.55. The quantitative estimate of drug-likeness (QED) is 0.882. The smallest absolute Gasteiger partial charge is 0.225 e. The van der Waals surface area contributed by atoms with E-state index >= 15 is 0 Å². The van der Waals surface area contributed by atoms with Gasteiger partial charge in [-0.25, -0.2) is 0 Å². The molecule has 0 spiro atoms. The van der Waals surface area contributed by atoms with E-state index in [0.29, 0.717) is 12.2 Å². The topological polar surface area (TPSA) is 57.8 Å². The van der Waals surface area contributed by atoms with Crippen molar-refractivity contribution < 1.29 is 4.79 Å². The van der Waals surface area contributed by atoms with Gasteiger partial charge in [0, 0.05) is 16.9 Å². The van der Waals surface area contributed by atoms with Gasteiger partial charge in [0.1, 0.15) is 5.82 Å². The Morgan fingerprint density at radius 2 is 2.39 bits per heavy atom. The first kappa shape index (κ1) is 13.3. The highest BCUT2D eigenvalue weighted by Gasteiger charge is 2.06. The third-order valence-corrected chi connectivity index (χ3v) is 4.23. The maximum absolute atomic E-state index is 11.7. The lowest BCUT2D eigenvalue weighted by Gasteiger charge is -2.03. The van der Waals surface area contributed by atoms with Crippen LogP contribution in [-0.4, -0.2) is 16.1 Å². The van der Waals surface area contributed by atoms with E-state index in [1.165, 1.54) is 4.88 Å². The summed E-state index contributed by atoms with van der Waals surface area (Å²) in [5, 5.41) is 9.44. The van der Waals surface area contributed by atoms with Crippen LogP contribution in [0.4, 0.5) is 5.82 Å². The number of aromatic nitrogens is 2. The number of H-pyrrole nitrogens is 1. The van der Waals surface area contributed by atoms with E-state index in [4.69, 9.17) is 0 Å². The van der Waals surface area contributed by atoms with Crippen LogP contribution >= 0.6 is 27.3 Å². The second-order valence-corrected chi connectivity index (χ2v) is 6.58. The molecule has 0 radical (unpaired) electrons. The second kappa shape index (κ2) is 6.15. The summed E-state index contributed by atoms with van der Waals surface area (Å²) in [4.78, 5) is 13.0. The van der Waals surface area contributed by atoms with Crippen LogP contribution in [0.5, 0.6) is 0 Å². The van der Waals surface area contributed by atoms with Gasteiger partial charge < -0.3 is 5.32 Å². The summed E-state index contributed by atoms with van der Waals surface area (Å²) in [6.45, 7) is 1.91. The fourth-order valence-electron chi connectivity index (χ4n) is 1.58. The summed E-state index contributed by atoms with van der Waals surface area (Å²) in [5.41, 5.74) is 0.950. The fraction of sp³-hybridized carbons (Fsp3) is 0.333. The number of carbonyl (C=O) groups is 1. The number of halogens is 1. The van der Waals surface area contributed by atoms with Crippen molar-refractivity contribution in [2.45, 2.75) is 26.2 Å². The van der Waals surface area contributed by atoms with E-state index in [0.717, 1.165) is 22.2 Å². The first-order chi connectivity index (χ1) is 8.65. The van der Waals surface area contributed by atoms with Gasteiger partial charge in [-0.1, -0.05) is 0 Å². The monoisotopic (exact) mass is 327 g/mol. The molecule has 0 fully saturated rings. The lowest BCUT2D eigenvalue weighted by molar-refractivity contribution is -0.116. The van der Waals surface area contributed by atoms with Gasteiger partial charge >= 0.3 is 0 Å². The van der Waals surface area contributed by atoms with Crippen LogP contribution in [-0.2, 0) is 11.2 Å². The molecule has 4 nitrogen and oxygen atoms in total. The van der Waals surface area contributed by atoms with E-state index in [9.17, 15) is 4.79 Å². The molecule has 0 aliphatic carbocycles. The molecule has 2 aromatic heterocycles. The highest BCUT2D eigenvalue weighted by atomic mass is 79.9. The molecule has 2 rings (SSSR count). The minimum absolute atomic E-state index is 0.0259. The molecular formula is C12H14BrN3OS. The molecule has 96 valence electrons. The Labute approximate surface area is 118 Å². The molecule has 0 unspecified atom stereocenters. The van der Waals surface area contributed by atoms with Crippen LogP contribution in [0.15, 0.2) is 22.1 Å². The van der Waals surface area contributed by atoms with E-state index in [1.807, 2.05) is 13.0 Å². The largest absolute Gasteiger partial charge is 0.311 e. The van der Waals surface area contributed by atoms with Gasteiger partial charge in [-0.3, -0.25) is 9.89 Å². The maximum atomic E-state index is 11.7. The van der Waals surface area contributed by atoms with Crippen LogP contribution < -0.4 is 5.32 Å². The molecule has 18 heavy (non-hydrogen) atoms. The number of hydrogen-bond acceptors (Lipinski definition) is 3. The molecule has 2 heterocycles. The molecular weight excluding hydrogens is 314 g/mol. The second-order valence-electron chi connectivity index (χ2n) is 4.04. The fourth-order valence-corrected chi connectivity index (χ4v) is 3.11. The number of carbonyl (C=O) groups excluding carboxylic acids is 1. The van der Waals surface area contributed by atoms with Gasteiger partial charge in [0.2, 0.25) is 5.91 Å². The standard InChI is InChI=1S/C12H14BrN3OS/c1-8-7-14-16-12(8)15-11(17)4-2-3-9-5-6-10(13)18-9/h5-7H,2-4H2,1H3,(H2,14,15,16,17). The van der Waals surface area contributed by atoms with Crippen molar-refractivity contribution in [1.82, 2.24) is 10.2 Å². The highest BCUT2D eigenvalue weighted by Crippen LogP contribution is 2.23. The average Bonchev–Trinajstić information content (AvgIpc) is 2.89. The maximum Gasteiger partial charge on any atom is 0.225 e. The van der Waals surface area contributed by atoms with Crippen molar-refractivity contribution in [1.29, 1.82) is 0 Å². The van der Waals surface area contributed by atoms with E-state index < -0.39 is 0 Å². The predicted octanol–water partition coefficient (Wildman–Crippen LogP) is 3.50. The lowest BCUT2D eigenvalue weighted by Crippen LogP contribution is -2.12. The average molecular weight is 328 g/mol.